The molecule has 0 fully saturated rings. The van der Waals surface area contributed by atoms with Gasteiger partial charge in [-0.1, -0.05) is 6.92 Å². The highest BCUT2D eigenvalue weighted by Crippen LogP contribution is 2.25. The molecular formula is C13H18N4O3. The van der Waals surface area contributed by atoms with Crippen molar-refractivity contribution in [1.29, 1.82) is 0 Å². The summed E-state index contributed by atoms with van der Waals surface area (Å²) in [7, 11) is 0. The van der Waals surface area contributed by atoms with Crippen molar-refractivity contribution in [3.8, 4) is 11.6 Å². The fraction of sp³-hybridized carbons (Fsp3) is 0.462. The number of hydrogen-bond donors (Lipinski definition) is 1. The van der Waals surface area contributed by atoms with Crippen molar-refractivity contribution in [2.45, 2.75) is 33.7 Å². The van der Waals surface area contributed by atoms with Gasteiger partial charge in [0.15, 0.2) is 0 Å². The zero-order chi connectivity index (χ0) is 14.7. The Labute approximate surface area is 116 Å². The smallest absolute Gasteiger partial charge is 0.362 e. The van der Waals surface area contributed by atoms with Crippen LogP contribution in [0.1, 0.15) is 37.0 Å². The second-order valence-corrected chi connectivity index (χ2v) is 4.14. The van der Waals surface area contributed by atoms with Crippen LogP contribution in [0, 0.1) is 0 Å². The quantitative estimate of drug-likeness (QED) is 0.839. The molecule has 2 heterocycles. The number of hydrogen-bond acceptors (Lipinski definition) is 6. The van der Waals surface area contributed by atoms with E-state index in [9.17, 15) is 4.79 Å². The summed E-state index contributed by atoms with van der Waals surface area (Å²) in [6, 6.07) is 1.88. The first-order chi connectivity index (χ1) is 9.60. The molecule has 108 valence electrons. The molecule has 2 aromatic rings. The van der Waals surface area contributed by atoms with Crippen LogP contribution >= 0.6 is 0 Å². The van der Waals surface area contributed by atoms with E-state index < -0.39 is 5.97 Å². The Hall–Kier alpha value is -2.31. The topological polar surface area (TPSA) is 96.2 Å². The highest BCUT2D eigenvalue weighted by atomic mass is 16.5. The van der Waals surface area contributed by atoms with Crippen LogP contribution < -0.4 is 5.73 Å². The Balaban J connectivity index is 2.41. The maximum atomic E-state index is 11.7. The van der Waals surface area contributed by atoms with Crippen LogP contribution in [0.5, 0.6) is 0 Å². The molecule has 7 nitrogen and oxygen atoms in total. The molecule has 2 aromatic heterocycles. The number of rotatable bonds is 5. The van der Waals surface area contributed by atoms with Crippen molar-refractivity contribution in [3.63, 3.8) is 0 Å². The van der Waals surface area contributed by atoms with Gasteiger partial charge in [0.25, 0.3) is 0 Å². The van der Waals surface area contributed by atoms with Gasteiger partial charge < -0.3 is 14.9 Å². The number of anilines is 1. The minimum atomic E-state index is -0.585. The summed E-state index contributed by atoms with van der Waals surface area (Å²) in [5.41, 5.74) is 7.31. The van der Waals surface area contributed by atoms with Gasteiger partial charge >= 0.3 is 5.97 Å². The molecule has 0 saturated heterocycles. The molecule has 7 heteroatoms. The maximum Gasteiger partial charge on any atom is 0.362 e. The average molecular weight is 278 g/mol. The van der Waals surface area contributed by atoms with Gasteiger partial charge in [-0.25, -0.2) is 4.79 Å². The van der Waals surface area contributed by atoms with Crippen LogP contribution in [-0.2, 0) is 17.7 Å². The molecule has 2 rings (SSSR count). The van der Waals surface area contributed by atoms with Crippen molar-refractivity contribution in [3.05, 3.63) is 17.5 Å². The van der Waals surface area contributed by atoms with Crippen LogP contribution in [0.3, 0.4) is 0 Å². The summed E-state index contributed by atoms with van der Waals surface area (Å²) in [5.74, 6) is -0.349. The molecule has 0 aliphatic carbocycles. The minimum Gasteiger partial charge on any atom is -0.461 e. The third kappa shape index (κ3) is 2.52. The standard InChI is InChI=1S/C13H18N4O3/c1-4-8-7-9(17(5-2)16-8)12-15-10(11(14)20-12)13(18)19-6-3/h7H,4-6,14H2,1-3H3. The predicted octanol–water partition coefficient (Wildman–Crippen LogP) is 1.88. The van der Waals surface area contributed by atoms with Gasteiger partial charge in [-0.15, -0.1) is 0 Å². The fourth-order valence-electron chi connectivity index (χ4n) is 1.84. The fourth-order valence-corrected chi connectivity index (χ4v) is 1.84. The van der Waals surface area contributed by atoms with E-state index in [1.807, 2.05) is 19.9 Å². The summed E-state index contributed by atoms with van der Waals surface area (Å²) in [6.07, 6.45) is 0.806. The molecule has 0 unspecified atom stereocenters. The molecule has 2 N–H and O–H groups in total. The minimum absolute atomic E-state index is 0.00347. The first-order valence-electron chi connectivity index (χ1n) is 6.61. The van der Waals surface area contributed by atoms with Gasteiger partial charge in [0, 0.05) is 6.54 Å². The first kappa shape index (κ1) is 14.1. The number of carbonyl (C=O) groups excluding carboxylic acids is 1. The number of aromatic nitrogens is 3. The highest BCUT2D eigenvalue weighted by molar-refractivity contribution is 5.92. The van der Waals surface area contributed by atoms with Crippen molar-refractivity contribution in [2.75, 3.05) is 12.3 Å². The van der Waals surface area contributed by atoms with E-state index in [2.05, 4.69) is 10.1 Å². The Morgan fingerprint density at radius 2 is 2.20 bits per heavy atom. The predicted molar refractivity (Wildman–Crippen MR) is 73.1 cm³/mol. The van der Waals surface area contributed by atoms with Gasteiger partial charge in [0.1, 0.15) is 5.69 Å². The Kier molecular flexibility index (Phi) is 4.07. The first-order valence-corrected chi connectivity index (χ1v) is 6.61. The molecule has 0 radical (unpaired) electrons. The van der Waals surface area contributed by atoms with E-state index in [-0.39, 0.29) is 24.1 Å². The summed E-state index contributed by atoms with van der Waals surface area (Å²) >= 11 is 0. The van der Waals surface area contributed by atoms with Gasteiger partial charge in [-0.2, -0.15) is 10.1 Å². The third-order valence-electron chi connectivity index (χ3n) is 2.83. The SMILES string of the molecule is CCOC(=O)c1nc(-c2cc(CC)nn2CC)oc1N. The van der Waals surface area contributed by atoms with Crippen LogP contribution in [0.25, 0.3) is 11.6 Å². The molecule has 0 aliphatic heterocycles. The number of nitrogens with two attached hydrogens (primary N) is 1. The van der Waals surface area contributed by atoms with Gasteiger partial charge in [-0.3, -0.25) is 4.68 Å². The molecule has 0 saturated carbocycles. The molecule has 0 amide bonds. The van der Waals surface area contributed by atoms with E-state index in [1.54, 1.807) is 11.6 Å². The summed E-state index contributed by atoms with van der Waals surface area (Å²) in [4.78, 5) is 15.8. The molecule has 0 aliphatic rings. The molecule has 0 spiro atoms. The summed E-state index contributed by atoms with van der Waals surface area (Å²) in [6.45, 7) is 6.63. The van der Waals surface area contributed by atoms with E-state index >= 15 is 0 Å². The number of aryl methyl sites for hydroxylation is 2. The molecule has 0 bridgehead atoms. The lowest BCUT2D eigenvalue weighted by molar-refractivity contribution is 0.0521. The molecule has 20 heavy (non-hydrogen) atoms. The zero-order valence-electron chi connectivity index (χ0n) is 11.8. The van der Waals surface area contributed by atoms with Crippen molar-refractivity contribution in [1.82, 2.24) is 14.8 Å². The lowest BCUT2D eigenvalue weighted by atomic mass is 10.3. The summed E-state index contributed by atoms with van der Waals surface area (Å²) < 4.78 is 12.0. The number of esters is 1. The number of nitrogens with zero attached hydrogens (tertiary/aromatic N) is 3. The van der Waals surface area contributed by atoms with Crippen LogP contribution in [0.4, 0.5) is 5.88 Å². The highest BCUT2D eigenvalue weighted by Gasteiger charge is 2.22. The van der Waals surface area contributed by atoms with Crippen LogP contribution in [-0.4, -0.2) is 27.3 Å². The monoisotopic (exact) mass is 278 g/mol. The number of carbonyl (C=O) groups is 1. The normalized spacial score (nSPS) is 10.8. The van der Waals surface area contributed by atoms with E-state index in [0.29, 0.717) is 12.2 Å². The van der Waals surface area contributed by atoms with Crippen LogP contribution in [0.2, 0.25) is 0 Å². The Morgan fingerprint density at radius 1 is 1.45 bits per heavy atom. The van der Waals surface area contributed by atoms with Gasteiger partial charge in [0.05, 0.1) is 12.3 Å². The lowest BCUT2D eigenvalue weighted by Gasteiger charge is -1.99. The van der Waals surface area contributed by atoms with Crippen LogP contribution in [0.15, 0.2) is 10.5 Å². The molecule has 0 aromatic carbocycles. The van der Waals surface area contributed by atoms with Gasteiger partial charge in [0.2, 0.25) is 17.5 Å². The number of oxazole rings is 1. The number of nitrogen functional groups attached to an aromatic ring is 1. The second kappa shape index (κ2) is 5.77. The maximum absolute atomic E-state index is 11.7. The second-order valence-electron chi connectivity index (χ2n) is 4.14. The lowest BCUT2D eigenvalue weighted by Crippen LogP contribution is -2.07. The molecule has 0 atom stereocenters. The van der Waals surface area contributed by atoms with E-state index in [0.717, 1.165) is 12.1 Å². The Morgan fingerprint density at radius 3 is 2.80 bits per heavy atom. The van der Waals surface area contributed by atoms with Crippen molar-refractivity contribution in [2.24, 2.45) is 0 Å². The zero-order valence-corrected chi connectivity index (χ0v) is 11.8. The van der Waals surface area contributed by atoms with Crippen molar-refractivity contribution >= 4 is 11.9 Å². The Bertz CT molecular complexity index is 615. The third-order valence-corrected chi connectivity index (χ3v) is 2.83. The van der Waals surface area contributed by atoms with E-state index in [4.69, 9.17) is 14.9 Å². The summed E-state index contributed by atoms with van der Waals surface area (Å²) in [5, 5.41) is 4.40. The van der Waals surface area contributed by atoms with Crippen molar-refractivity contribution < 1.29 is 13.9 Å². The van der Waals surface area contributed by atoms with Gasteiger partial charge in [-0.05, 0) is 26.3 Å². The average Bonchev–Trinajstić information content (AvgIpc) is 3.01. The number of ether oxygens (including phenoxy) is 1. The largest absolute Gasteiger partial charge is 0.461 e. The van der Waals surface area contributed by atoms with E-state index in [1.165, 1.54) is 0 Å². The molecular weight excluding hydrogens is 260 g/mol.